The predicted molar refractivity (Wildman–Crippen MR) is 74.2 cm³/mol. The van der Waals surface area contributed by atoms with Gasteiger partial charge in [-0.25, -0.2) is 0 Å². The number of ether oxygens (including phenoxy) is 2. The zero-order chi connectivity index (χ0) is 14.4. The molecular weight excluding hydrogens is 244 g/mol. The molecule has 0 aliphatic heterocycles. The summed E-state index contributed by atoms with van der Waals surface area (Å²) in [6.45, 7) is 4.17. The maximum atomic E-state index is 10.6. The van der Waals surface area contributed by atoms with E-state index in [1.807, 2.05) is 12.1 Å². The van der Waals surface area contributed by atoms with Gasteiger partial charge in [0.15, 0.2) is 0 Å². The quantitative estimate of drug-likeness (QED) is 0.823. The molecular formula is C15H22O4. The molecule has 0 amide bonds. The van der Waals surface area contributed by atoms with Crippen molar-refractivity contribution in [1.29, 1.82) is 0 Å². The van der Waals surface area contributed by atoms with E-state index in [-0.39, 0.29) is 12.3 Å². The second kappa shape index (κ2) is 7.02. The van der Waals surface area contributed by atoms with Gasteiger partial charge in [0, 0.05) is 12.0 Å². The maximum Gasteiger partial charge on any atom is 0.303 e. The molecule has 1 aromatic carbocycles. The van der Waals surface area contributed by atoms with Crippen molar-refractivity contribution in [2.75, 3.05) is 14.2 Å². The first-order valence-electron chi connectivity index (χ1n) is 6.46. The van der Waals surface area contributed by atoms with Crippen molar-refractivity contribution in [3.05, 3.63) is 23.3 Å². The Hall–Kier alpha value is -1.71. The second-order valence-electron chi connectivity index (χ2n) is 4.78. The van der Waals surface area contributed by atoms with E-state index in [2.05, 4.69) is 13.8 Å². The van der Waals surface area contributed by atoms with Crippen molar-refractivity contribution >= 4 is 5.97 Å². The molecule has 0 unspecified atom stereocenters. The van der Waals surface area contributed by atoms with Gasteiger partial charge in [0.2, 0.25) is 0 Å². The Morgan fingerprint density at radius 2 is 1.95 bits per heavy atom. The van der Waals surface area contributed by atoms with Crippen LogP contribution in [0, 0.1) is 0 Å². The molecule has 0 aliphatic rings. The molecule has 1 N–H and O–H groups in total. The van der Waals surface area contributed by atoms with Crippen LogP contribution in [0.4, 0.5) is 0 Å². The first-order chi connectivity index (χ1) is 9.01. The normalized spacial score (nSPS) is 10.6. The Morgan fingerprint density at radius 1 is 1.26 bits per heavy atom. The first-order valence-corrected chi connectivity index (χ1v) is 6.46. The van der Waals surface area contributed by atoms with Gasteiger partial charge in [-0.1, -0.05) is 19.9 Å². The van der Waals surface area contributed by atoms with E-state index in [9.17, 15) is 4.79 Å². The molecule has 0 saturated carbocycles. The molecule has 0 saturated heterocycles. The van der Waals surface area contributed by atoms with E-state index in [4.69, 9.17) is 14.6 Å². The van der Waals surface area contributed by atoms with Crippen LogP contribution in [-0.2, 0) is 11.2 Å². The van der Waals surface area contributed by atoms with Crippen LogP contribution in [0.5, 0.6) is 11.5 Å². The van der Waals surface area contributed by atoms with Gasteiger partial charge in [-0.15, -0.1) is 0 Å². The fourth-order valence-electron chi connectivity index (χ4n) is 2.22. The van der Waals surface area contributed by atoms with Gasteiger partial charge in [-0.3, -0.25) is 4.79 Å². The number of hydrogen-bond donors (Lipinski definition) is 1. The molecule has 4 heteroatoms. The second-order valence-corrected chi connectivity index (χ2v) is 4.78. The summed E-state index contributed by atoms with van der Waals surface area (Å²) in [5.74, 6) is 1.15. The lowest BCUT2D eigenvalue weighted by Gasteiger charge is -2.19. The number of aliphatic carboxylic acids is 1. The Bertz CT molecular complexity index is 438. The van der Waals surface area contributed by atoms with Crippen molar-refractivity contribution in [2.45, 2.75) is 39.0 Å². The van der Waals surface area contributed by atoms with Gasteiger partial charge in [-0.2, -0.15) is 0 Å². The maximum absolute atomic E-state index is 10.6. The zero-order valence-corrected chi connectivity index (χ0v) is 12.0. The molecule has 1 aromatic rings. The third-order valence-electron chi connectivity index (χ3n) is 3.08. The zero-order valence-electron chi connectivity index (χ0n) is 12.0. The molecule has 0 fully saturated rings. The van der Waals surface area contributed by atoms with Crippen LogP contribution in [0.15, 0.2) is 12.1 Å². The Kier molecular flexibility index (Phi) is 5.67. The lowest BCUT2D eigenvalue weighted by Crippen LogP contribution is -2.03. The Morgan fingerprint density at radius 3 is 2.42 bits per heavy atom. The average Bonchev–Trinajstić information content (AvgIpc) is 2.37. The number of aryl methyl sites for hydroxylation is 1. The van der Waals surface area contributed by atoms with E-state index in [0.717, 1.165) is 22.6 Å². The summed E-state index contributed by atoms with van der Waals surface area (Å²) >= 11 is 0. The number of carbonyl (C=O) groups is 1. The van der Waals surface area contributed by atoms with Crippen LogP contribution in [-0.4, -0.2) is 25.3 Å². The van der Waals surface area contributed by atoms with Crippen molar-refractivity contribution in [1.82, 2.24) is 0 Å². The fourth-order valence-corrected chi connectivity index (χ4v) is 2.22. The molecule has 19 heavy (non-hydrogen) atoms. The smallest absolute Gasteiger partial charge is 0.303 e. The minimum Gasteiger partial charge on any atom is -0.496 e. The van der Waals surface area contributed by atoms with E-state index in [0.29, 0.717) is 12.8 Å². The number of carboxylic acids is 1. The largest absolute Gasteiger partial charge is 0.496 e. The van der Waals surface area contributed by atoms with Gasteiger partial charge < -0.3 is 14.6 Å². The number of rotatable bonds is 7. The SMILES string of the molecule is COc1ccc(CCCC(=O)O)c(OC)c1C(C)C. The first kappa shape index (κ1) is 15.3. The predicted octanol–water partition coefficient (Wildman–Crippen LogP) is 3.23. The van der Waals surface area contributed by atoms with Crippen molar-refractivity contribution in [3.8, 4) is 11.5 Å². The highest BCUT2D eigenvalue weighted by Crippen LogP contribution is 2.38. The molecule has 0 radical (unpaired) electrons. The minimum absolute atomic E-state index is 0.173. The summed E-state index contributed by atoms with van der Waals surface area (Å²) in [5, 5.41) is 8.69. The van der Waals surface area contributed by atoms with Gasteiger partial charge in [-0.05, 0) is 30.4 Å². The number of carboxylic acid groups (broad SMARTS) is 1. The number of methoxy groups -OCH3 is 2. The number of benzene rings is 1. The third kappa shape index (κ3) is 3.88. The molecule has 0 aliphatic carbocycles. The van der Waals surface area contributed by atoms with E-state index < -0.39 is 5.97 Å². The lowest BCUT2D eigenvalue weighted by atomic mass is 9.95. The highest BCUT2D eigenvalue weighted by molar-refractivity contribution is 5.66. The van der Waals surface area contributed by atoms with Crippen molar-refractivity contribution in [2.24, 2.45) is 0 Å². The molecule has 0 spiro atoms. The summed E-state index contributed by atoms with van der Waals surface area (Å²) in [4.78, 5) is 10.6. The Labute approximate surface area is 114 Å². The number of hydrogen-bond acceptors (Lipinski definition) is 3. The topological polar surface area (TPSA) is 55.8 Å². The van der Waals surface area contributed by atoms with Crippen LogP contribution in [0.1, 0.15) is 43.7 Å². The summed E-state index contributed by atoms with van der Waals surface area (Å²) in [6, 6.07) is 3.87. The van der Waals surface area contributed by atoms with E-state index in [1.165, 1.54) is 0 Å². The van der Waals surface area contributed by atoms with Crippen molar-refractivity contribution in [3.63, 3.8) is 0 Å². The van der Waals surface area contributed by atoms with Crippen LogP contribution < -0.4 is 9.47 Å². The molecule has 1 rings (SSSR count). The van der Waals surface area contributed by atoms with Gasteiger partial charge >= 0.3 is 5.97 Å². The highest BCUT2D eigenvalue weighted by Gasteiger charge is 2.17. The van der Waals surface area contributed by atoms with Crippen LogP contribution >= 0.6 is 0 Å². The van der Waals surface area contributed by atoms with Gasteiger partial charge in [0.05, 0.1) is 14.2 Å². The third-order valence-corrected chi connectivity index (χ3v) is 3.08. The molecule has 0 heterocycles. The molecule has 4 nitrogen and oxygen atoms in total. The van der Waals surface area contributed by atoms with Gasteiger partial charge in [0.25, 0.3) is 0 Å². The van der Waals surface area contributed by atoms with Gasteiger partial charge in [0.1, 0.15) is 11.5 Å². The molecule has 0 aromatic heterocycles. The molecule has 0 bridgehead atoms. The summed E-state index contributed by atoms with van der Waals surface area (Å²) < 4.78 is 10.9. The Balaban J connectivity index is 3.05. The monoisotopic (exact) mass is 266 g/mol. The highest BCUT2D eigenvalue weighted by atomic mass is 16.5. The average molecular weight is 266 g/mol. The minimum atomic E-state index is -0.767. The molecule has 106 valence electrons. The van der Waals surface area contributed by atoms with E-state index in [1.54, 1.807) is 14.2 Å². The van der Waals surface area contributed by atoms with Crippen molar-refractivity contribution < 1.29 is 19.4 Å². The summed E-state index contributed by atoms with van der Waals surface area (Å²) in [5.41, 5.74) is 2.08. The standard InChI is InChI=1S/C15H22O4/c1-10(2)14-12(18-3)9-8-11(15(14)19-4)6-5-7-13(16)17/h8-10H,5-7H2,1-4H3,(H,16,17). The van der Waals surface area contributed by atoms with Crippen LogP contribution in [0.25, 0.3) is 0 Å². The van der Waals surface area contributed by atoms with Crippen LogP contribution in [0.3, 0.4) is 0 Å². The van der Waals surface area contributed by atoms with E-state index >= 15 is 0 Å². The molecule has 0 atom stereocenters. The summed E-state index contributed by atoms with van der Waals surface area (Å²) in [6.07, 6.45) is 1.47. The fraction of sp³-hybridized carbons (Fsp3) is 0.533. The summed E-state index contributed by atoms with van der Waals surface area (Å²) in [7, 11) is 3.28. The lowest BCUT2D eigenvalue weighted by molar-refractivity contribution is -0.137. The van der Waals surface area contributed by atoms with Crippen LogP contribution in [0.2, 0.25) is 0 Å².